The lowest BCUT2D eigenvalue weighted by Gasteiger charge is -2.32. The van der Waals surface area contributed by atoms with Crippen molar-refractivity contribution in [2.24, 2.45) is 0 Å². The molecule has 0 bridgehead atoms. The van der Waals surface area contributed by atoms with E-state index < -0.39 is 0 Å². The summed E-state index contributed by atoms with van der Waals surface area (Å²) in [5.41, 5.74) is 1.12. The van der Waals surface area contributed by atoms with Crippen molar-refractivity contribution in [3.63, 3.8) is 0 Å². The topological polar surface area (TPSA) is 120 Å². The predicted octanol–water partition coefficient (Wildman–Crippen LogP) is 1.65. The van der Waals surface area contributed by atoms with Gasteiger partial charge in [0.1, 0.15) is 17.5 Å². The fourth-order valence-electron chi connectivity index (χ4n) is 3.07. The molecule has 152 valence electrons. The van der Waals surface area contributed by atoms with Crippen LogP contribution < -0.4 is 10.2 Å². The van der Waals surface area contributed by atoms with Crippen LogP contribution in [-0.2, 0) is 6.42 Å². The molecule has 0 unspecified atom stereocenters. The molecule has 1 N–H and O–H groups in total. The van der Waals surface area contributed by atoms with Crippen LogP contribution in [0.4, 0.5) is 17.7 Å². The van der Waals surface area contributed by atoms with E-state index in [1.807, 2.05) is 19.1 Å². The van der Waals surface area contributed by atoms with E-state index in [4.69, 9.17) is 0 Å². The van der Waals surface area contributed by atoms with Gasteiger partial charge in [-0.25, -0.2) is 9.97 Å². The highest BCUT2D eigenvalue weighted by Gasteiger charge is 2.19. The number of anilines is 3. The standard InChI is InChI=1S/C20H22N10/c1-3-16-24-19(28-20(25-16)30-10-8-29(2)9-11-30)27-18-15(12-21)13-23-17(26-18)14-4-6-22-7-5-14/h4-7,13H,3,8-11H2,1-2H3,(H,23,24,25,26,27,28). The maximum absolute atomic E-state index is 9.50. The number of rotatable bonds is 5. The third-order valence-corrected chi connectivity index (χ3v) is 4.85. The summed E-state index contributed by atoms with van der Waals surface area (Å²) >= 11 is 0. The number of pyridine rings is 1. The van der Waals surface area contributed by atoms with E-state index >= 15 is 0 Å². The van der Waals surface area contributed by atoms with Crippen LogP contribution in [0.2, 0.25) is 0 Å². The Morgan fingerprint density at radius 2 is 1.83 bits per heavy atom. The van der Waals surface area contributed by atoms with Crippen LogP contribution in [0.3, 0.4) is 0 Å². The Bertz CT molecular complexity index is 1050. The van der Waals surface area contributed by atoms with E-state index in [9.17, 15) is 5.26 Å². The van der Waals surface area contributed by atoms with Gasteiger partial charge in [0.15, 0.2) is 11.6 Å². The summed E-state index contributed by atoms with van der Waals surface area (Å²) in [7, 11) is 2.11. The monoisotopic (exact) mass is 402 g/mol. The van der Waals surface area contributed by atoms with E-state index in [-0.39, 0.29) is 0 Å². The van der Waals surface area contributed by atoms with Crippen molar-refractivity contribution in [2.45, 2.75) is 13.3 Å². The predicted molar refractivity (Wildman–Crippen MR) is 112 cm³/mol. The lowest BCUT2D eigenvalue weighted by Crippen LogP contribution is -2.45. The molecule has 1 aliphatic rings. The minimum atomic E-state index is 0.312. The zero-order valence-electron chi connectivity index (χ0n) is 16.9. The maximum atomic E-state index is 9.50. The van der Waals surface area contributed by atoms with Crippen LogP contribution in [0.25, 0.3) is 11.4 Å². The molecule has 0 atom stereocenters. The summed E-state index contributed by atoms with van der Waals surface area (Å²) in [6.45, 7) is 5.61. The molecular weight excluding hydrogens is 380 g/mol. The number of nitriles is 1. The van der Waals surface area contributed by atoms with Crippen molar-refractivity contribution in [2.75, 3.05) is 43.4 Å². The summed E-state index contributed by atoms with van der Waals surface area (Å²) in [5, 5.41) is 12.6. The first-order chi connectivity index (χ1) is 14.7. The van der Waals surface area contributed by atoms with Gasteiger partial charge >= 0.3 is 0 Å². The minimum absolute atomic E-state index is 0.312. The van der Waals surface area contributed by atoms with E-state index in [0.717, 1.165) is 31.7 Å². The van der Waals surface area contributed by atoms with Gasteiger partial charge in [-0.15, -0.1) is 0 Å². The maximum Gasteiger partial charge on any atom is 0.233 e. The molecule has 1 aliphatic heterocycles. The molecule has 10 heteroatoms. The molecule has 0 spiro atoms. The Labute approximate surface area is 174 Å². The highest BCUT2D eigenvalue weighted by Crippen LogP contribution is 2.22. The van der Waals surface area contributed by atoms with Crippen molar-refractivity contribution in [1.29, 1.82) is 5.26 Å². The van der Waals surface area contributed by atoms with E-state index in [1.54, 1.807) is 12.4 Å². The summed E-state index contributed by atoms with van der Waals surface area (Å²) in [6.07, 6.45) is 5.52. The minimum Gasteiger partial charge on any atom is -0.338 e. The first kappa shape index (κ1) is 19.6. The normalized spacial score (nSPS) is 14.4. The van der Waals surface area contributed by atoms with Crippen molar-refractivity contribution in [1.82, 2.24) is 34.8 Å². The molecule has 0 amide bonds. The molecule has 3 aromatic heterocycles. The first-order valence-corrected chi connectivity index (χ1v) is 9.79. The Morgan fingerprint density at radius 3 is 2.53 bits per heavy atom. The Hall–Kier alpha value is -3.71. The Morgan fingerprint density at radius 1 is 1.07 bits per heavy atom. The van der Waals surface area contributed by atoms with Crippen LogP contribution in [0.5, 0.6) is 0 Å². The summed E-state index contributed by atoms with van der Waals surface area (Å²) < 4.78 is 0. The lowest BCUT2D eigenvalue weighted by atomic mass is 10.2. The summed E-state index contributed by atoms with van der Waals surface area (Å²) in [4.78, 5) is 30.9. The molecular formula is C20H22N10. The number of hydrogen-bond acceptors (Lipinski definition) is 10. The number of piperazine rings is 1. The molecule has 0 aliphatic carbocycles. The van der Waals surface area contributed by atoms with Crippen LogP contribution in [0.1, 0.15) is 18.3 Å². The van der Waals surface area contributed by atoms with Gasteiger partial charge in [0.05, 0.1) is 6.20 Å². The average molecular weight is 402 g/mol. The smallest absolute Gasteiger partial charge is 0.233 e. The largest absolute Gasteiger partial charge is 0.338 e. The van der Waals surface area contributed by atoms with Crippen molar-refractivity contribution in [3.05, 3.63) is 42.1 Å². The summed E-state index contributed by atoms with van der Waals surface area (Å²) in [5.74, 6) is 2.54. The average Bonchev–Trinajstić information content (AvgIpc) is 2.80. The second-order valence-corrected chi connectivity index (χ2v) is 6.95. The third kappa shape index (κ3) is 4.31. The second kappa shape index (κ2) is 8.75. The molecule has 10 nitrogen and oxygen atoms in total. The van der Waals surface area contributed by atoms with Crippen molar-refractivity contribution in [3.8, 4) is 17.5 Å². The van der Waals surface area contributed by atoms with Crippen molar-refractivity contribution >= 4 is 17.7 Å². The molecule has 0 saturated carbocycles. The summed E-state index contributed by atoms with van der Waals surface area (Å²) in [6, 6.07) is 5.75. The van der Waals surface area contributed by atoms with Gasteiger partial charge in [0.2, 0.25) is 11.9 Å². The molecule has 0 aromatic carbocycles. The Balaban J connectivity index is 1.66. The third-order valence-electron chi connectivity index (χ3n) is 4.85. The first-order valence-electron chi connectivity index (χ1n) is 9.79. The molecule has 4 rings (SSSR count). The van der Waals surface area contributed by atoms with Crippen LogP contribution >= 0.6 is 0 Å². The fraction of sp³-hybridized carbons (Fsp3) is 0.350. The molecule has 30 heavy (non-hydrogen) atoms. The quantitative estimate of drug-likeness (QED) is 0.674. The SMILES string of the molecule is CCc1nc(Nc2nc(-c3ccncc3)ncc2C#N)nc(N2CCN(C)CC2)n1. The van der Waals surface area contributed by atoms with Gasteiger partial charge < -0.3 is 15.1 Å². The van der Waals surface area contributed by atoms with Gasteiger partial charge in [0, 0.05) is 50.6 Å². The van der Waals surface area contributed by atoms with Crippen LogP contribution in [-0.4, -0.2) is 68.0 Å². The Kier molecular flexibility index (Phi) is 5.72. The highest BCUT2D eigenvalue weighted by atomic mass is 15.3. The van der Waals surface area contributed by atoms with Gasteiger partial charge in [-0.3, -0.25) is 4.98 Å². The number of likely N-dealkylation sites (N-methyl/N-ethyl adjacent to an activating group) is 1. The number of nitrogens with zero attached hydrogens (tertiary/aromatic N) is 9. The van der Waals surface area contributed by atoms with Gasteiger partial charge in [-0.05, 0) is 19.2 Å². The number of hydrogen-bond donors (Lipinski definition) is 1. The van der Waals surface area contributed by atoms with Crippen LogP contribution in [0.15, 0.2) is 30.7 Å². The zero-order chi connectivity index (χ0) is 20.9. The van der Waals surface area contributed by atoms with Gasteiger partial charge in [-0.1, -0.05) is 6.92 Å². The van der Waals surface area contributed by atoms with E-state index in [1.165, 1.54) is 6.20 Å². The van der Waals surface area contributed by atoms with Crippen molar-refractivity contribution < 1.29 is 0 Å². The zero-order valence-corrected chi connectivity index (χ0v) is 16.9. The number of aryl methyl sites for hydroxylation is 1. The van der Waals surface area contributed by atoms with Gasteiger partial charge in [-0.2, -0.15) is 20.2 Å². The lowest BCUT2D eigenvalue weighted by molar-refractivity contribution is 0.311. The molecule has 4 heterocycles. The van der Waals surface area contributed by atoms with E-state index in [0.29, 0.717) is 41.3 Å². The number of nitrogens with one attached hydrogen (secondary N) is 1. The second-order valence-electron chi connectivity index (χ2n) is 6.95. The molecule has 1 fully saturated rings. The highest BCUT2D eigenvalue weighted by molar-refractivity contribution is 5.63. The molecule has 3 aromatic rings. The van der Waals surface area contributed by atoms with Gasteiger partial charge in [0.25, 0.3) is 0 Å². The fourth-order valence-corrected chi connectivity index (χ4v) is 3.07. The number of aromatic nitrogens is 6. The van der Waals surface area contributed by atoms with Crippen LogP contribution in [0, 0.1) is 11.3 Å². The molecule has 1 saturated heterocycles. The van der Waals surface area contributed by atoms with E-state index in [2.05, 4.69) is 58.1 Å². The molecule has 0 radical (unpaired) electrons.